The van der Waals surface area contributed by atoms with Crippen LogP contribution in [0.5, 0.6) is 0 Å². The average Bonchev–Trinajstić information content (AvgIpc) is 2.38. The Morgan fingerprint density at radius 1 is 1.70 bits per heavy atom. The molecule has 0 fully saturated rings. The summed E-state index contributed by atoms with van der Waals surface area (Å²) in [7, 11) is 0. The summed E-state index contributed by atoms with van der Waals surface area (Å²) >= 11 is 0. The van der Waals surface area contributed by atoms with Crippen LogP contribution in [-0.4, -0.2) is 11.2 Å². The van der Waals surface area contributed by atoms with E-state index < -0.39 is 0 Å². The van der Waals surface area contributed by atoms with E-state index in [0.29, 0.717) is 5.92 Å². The molecule has 0 bridgehead atoms. The zero-order chi connectivity index (χ0) is 7.40. The number of hydrogen-bond donors (Lipinski definition) is 1. The summed E-state index contributed by atoms with van der Waals surface area (Å²) in [4.78, 5) is 0. The second-order valence-electron chi connectivity index (χ2n) is 3.03. The van der Waals surface area contributed by atoms with Gasteiger partial charge in [-0.05, 0) is 19.3 Å². The van der Waals surface area contributed by atoms with Crippen LogP contribution in [0.15, 0.2) is 12.2 Å². The van der Waals surface area contributed by atoms with E-state index in [2.05, 4.69) is 19.1 Å². The fourth-order valence-corrected chi connectivity index (χ4v) is 1.49. The Morgan fingerprint density at radius 2 is 2.50 bits per heavy atom. The first-order valence-electron chi connectivity index (χ1n) is 4.19. The van der Waals surface area contributed by atoms with Gasteiger partial charge in [-0.15, -0.1) is 0 Å². The van der Waals surface area contributed by atoms with E-state index in [1.165, 1.54) is 0 Å². The van der Waals surface area contributed by atoms with Gasteiger partial charge in [0.15, 0.2) is 0 Å². The van der Waals surface area contributed by atoms with Gasteiger partial charge in [-0.3, -0.25) is 0 Å². The summed E-state index contributed by atoms with van der Waals surface area (Å²) in [5.41, 5.74) is 0. The molecular formula is C9H16O. The fourth-order valence-electron chi connectivity index (χ4n) is 1.49. The fraction of sp³-hybridized carbons (Fsp3) is 0.778. The first-order chi connectivity index (χ1) is 4.84. The van der Waals surface area contributed by atoms with Crippen LogP contribution in [0.25, 0.3) is 0 Å². The molecule has 0 aromatic carbocycles. The molecule has 1 aliphatic rings. The molecule has 2 unspecified atom stereocenters. The summed E-state index contributed by atoms with van der Waals surface area (Å²) in [6.45, 7) is 2.11. The standard InChI is InChI=1S/C9H16O/c1-2-5-9(10)8-6-3-4-7-8/h3,6,8-10H,2,4-5,7H2,1H3. The van der Waals surface area contributed by atoms with Crippen LogP contribution in [0.1, 0.15) is 32.6 Å². The first-order valence-corrected chi connectivity index (χ1v) is 4.19. The maximum atomic E-state index is 9.50. The third kappa shape index (κ3) is 1.84. The number of aliphatic hydroxyl groups is 1. The molecule has 0 aromatic rings. The predicted octanol–water partition coefficient (Wildman–Crippen LogP) is 2.11. The van der Waals surface area contributed by atoms with Crippen molar-refractivity contribution in [2.75, 3.05) is 0 Å². The molecule has 10 heavy (non-hydrogen) atoms. The first kappa shape index (κ1) is 7.80. The van der Waals surface area contributed by atoms with Gasteiger partial charge in [0.25, 0.3) is 0 Å². The van der Waals surface area contributed by atoms with Crippen LogP contribution < -0.4 is 0 Å². The highest BCUT2D eigenvalue weighted by Gasteiger charge is 2.17. The maximum absolute atomic E-state index is 9.50. The molecule has 0 saturated heterocycles. The lowest BCUT2D eigenvalue weighted by molar-refractivity contribution is 0.119. The highest BCUT2D eigenvalue weighted by molar-refractivity contribution is 4.98. The van der Waals surface area contributed by atoms with Gasteiger partial charge in [0.2, 0.25) is 0 Å². The van der Waals surface area contributed by atoms with Crippen LogP contribution in [-0.2, 0) is 0 Å². The maximum Gasteiger partial charge on any atom is 0.0602 e. The minimum absolute atomic E-state index is 0.0799. The van der Waals surface area contributed by atoms with Crippen molar-refractivity contribution in [3.8, 4) is 0 Å². The molecule has 0 aromatic heterocycles. The molecule has 0 heterocycles. The Morgan fingerprint density at radius 3 is 3.00 bits per heavy atom. The van der Waals surface area contributed by atoms with Crippen molar-refractivity contribution < 1.29 is 5.11 Å². The number of aliphatic hydroxyl groups excluding tert-OH is 1. The van der Waals surface area contributed by atoms with Crippen molar-refractivity contribution in [1.82, 2.24) is 0 Å². The van der Waals surface area contributed by atoms with Crippen LogP contribution in [0.4, 0.5) is 0 Å². The third-order valence-electron chi connectivity index (χ3n) is 2.13. The zero-order valence-corrected chi connectivity index (χ0v) is 6.59. The van der Waals surface area contributed by atoms with E-state index in [9.17, 15) is 5.11 Å². The lowest BCUT2D eigenvalue weighted by Gasteiger charge is -2.14. The van der Waals surface area contributed by atoms with Gasteiger partial charge < -0.3 is 5.11 Å². The molecule has 0 spiro atoms. The Bertz CT molecular complexity index is 118. The van der Waals surface area contributed by atoms with E-state index in [-0.39, 0.29) is 6.10 Å². The van der Waals surface area contributed by atoms with E-state index in [0.717, 1.165) is 25.7 Å². The van der Waals surface area contributed by atoms with Crippen molar-refractivity contribution in [3.63, 3.8) is 0 Å². The molecule has 1 N–H and O–H groups in total. The lowest BCUT2D eigenvalue weighted by Crippen LogP contribution is -2.15. The molecular weight excluding hydrogens is 124 g/mol. The summed E-state index contributed by atoms with van der Waals surface area (Å²) in [6.07, 6.45) is 8.60. The summed E-state index contributed by atoms with van der Waals surface area (Å²) in [5.74, 6) is 0.458. The largest absolute Gasteiger partial charge is 0.393 e. The Labute approximate surface area is 62.8 Å². The summed E-state index contributed by atoms with van der Waals surface area (Å²) in [5, 5.41) is 9.50. The zero-order valence-electron chi connectivity index (χ0n) is 6.59. The predicted molar refractivity (Wildman–Crippen MR) is 42.8 cm³/mol. The molecule has 0 saturated carbocycles. The van der Waals surface area contributed by atoms with Crippen LogP contribution >= 0.6 is 0 Å². The molecule has 0 radical (unpaired) electrons. The third-order valence-corrected chi connectivity index (χ3v) is 2.13. The smallest absolute Gasteiger partial charge is 0.0602 e. The van der Waals surface area contributed by atoms with Crippen molar-refractivity contribution in [3.05, 3.63) is 12.2 Å². The number of allylic oxidation sites excluding steroid dienone is 1. The van der Waals surface area contributed by atoms with Crippen LogP contribution in [0, 0.1) is 5.92 Å². The minimum Gasteiger partial charge on any atom is -0.393 e. The Hall–Kier alpha value is -0.300. The average molecular weight is 140 g/mol. The second kappa shape index (κ2) is 3.77. The number of hydrogen-bond acceptors (Lipinski definition) is 1. The van der Waals surface area contributed by atoms with Crippen molar-refractivity contribution in [2.45, 2.75) is 38.7 Å². The van der Waals surface area contributed by atoms with Crippen molar-refractivity contribution in [1.29, 1.82) is 0 Å². The Balaban J connectivity index is 2.26. The second-order valence-corrected chi connectivity index (χ2v) is 3.03. The van der Waals surface area contributed by atoms with Crippen LogP contribution in [0.3, 0.4) is 0 Å². The normalized spacial score (nSPS) is 27.2. The molecule has 1 nitrogen and oxygen atoms in total. The van der Waals surface area contributed by atoms with Gasteiger partial charge in [0.1, 0.15) is 0 Å². The van der Waals surface area contributed by atoms with Gasteiger partial charge in [0, 0.05) is 5.92 Å². The highest BCUT2D eigenvalue weighted by atomic mass is 16.3. The topological polar surface area (TPSA) is 20.2 Å². The Kier molecular flexibility index (Phi) is 2.94. The van der Waals surface area contributed by atoms with E-state index >= 15 is 0 Å². The van der Waals surface area contributed by atoms with Gasteiger partial charge in [-0.2, -0.15) is 0 Å². The van der Waals surface area contributed by atoms with Gasteiger partial charge >= 0.3 is 0 Å². The van der Waals surface area contributed by atoms with Gasteiger partial charge in [-0.1, -0.05) is 25.5 Å². The van der Waals surface area contributed by atoms with E-state index in [4.69, 9.17) is 0 Å². The van der Waals surface area contributed by atoms with Gasteiger partial charge in [-0.25, -0.2) is 0 Å². The van der Waals surface area contributed by atoms with Crippen LogP contribution in [0.2, 0.25) is 0 Å². The molecule has 1 rings (SSSR count). The quantitative estimate of drug-likeness (QED) is 0.595. The lowest BCUT2D eigenvalue weighted by atomic mass is 9.98. The molecule has 2 atom stereocenters. The molecule has 0 aliphatic heterocycles. The molecule has 58 valence electrons. The van der Waals surface area contributed by atoms with E-state index in [1.54, 1.807) is 0 Å². The van der Waals surface area contributed by atoms with Gasteiger partial charge in [0.05, 0.1) is 6.10 Å². The minimum atomic E-state index is -0.0799. The highest BCUT2D eigenvalue weighted by Crippen LogP contribution is 2.22. The summed E-state index contributed by atoms with van der Waals surface area (Å²) < 4.78 is 0. The van der Waals surface area contributed by atoms with E-state index in [1.807, 2.05) is 0 Å². The molecule has 0 amide bonds. The monoisotopic (exact) mass is 140 g/mol. The van der Waals surface area contributed by atoms with Crippen molar-refractivity contribution in [2.24, 2.45) is 5.92 Å². The SMILES string of the molecule is CCCC(O)C1C=CCC1. The molecule has 1 aliphatic carbocycles. The summed E-state index contributed by atoms with van der Waals surface area (Å²) in [6, 6.07) is 0. The number of rotatable bonds is 3. The molecule has 1 heteroatoms. The van der Waals surface area contributed by atoms with Crippen molar-refractivity contribution >= 4 is 0 Å².